The highest BCUT2D eigenvalue weighted by Gasteiger charge is 2.21. The Labute approximate surface area is 323 Å². The molecule has 0 radical (unpaired) electrons. The largest absolute Gasteiger partial charge is 0.456 e. The molecule has 0 saturated carbocycles. The van der Waals surface area contributed by atoms with Crippen molar-refractivity contribution >= 4 is 54.9 Å². The fourth-order valence-corrected chi connectivity index (χ4v) is 8.24. The van der Waals surface area contributed by atoms with Crippen LogP contribution < -0.4 is 0 Å². The van der Waals surface area contributed by atoms with E-state index in [0.717, 1.165) is 79.3 Å². The van der Waals surface area contributed by atoms with E-state index in [4.69, 9.17) is 19.4 Å². The minimum Gasteiger partial charge on any atom is -0.456 e. The topological polar surface area (TPSA) is 56.7 Å². The summed E-state index contributed by atoms with van der Waals surface area (Å²) in [5, 5.41) is 4.62. The zero-order chi connectivity index (χ0) is 37.0. The molecule has 3 aromatic heterocycles. The van der Waals surface area contributed by atoms with Crippen LogP contribution >= 0.6 is 0 Å². The van der Waals surface area contributed by atoms with Crippen molar-refractivity contribution in [1.29, 1.82) is 0 Å². The van der Waals surface area contributed by atoms with Crippen LogP contribution in [0, 0.1) is 0 Å². The predicted octanol–water partition coefficient (Wildman–Crippen LogP) is 13.1. The third-order valence-corrected chi connectivity index (χ3v) is 10.9. The Balaban J connectivity index is 1.07. The summed E-state index contributed by atoms with van der Waals surface area (Å²) in [5.74, 6) is 2.01. The van der Waals surface area contributed by atoms with Crippen LogP contribution in [0.3, 0.4) is 0 Å². The van der Waals surface area contributed by atoms with Gasteiger partial charge in [-0.1, -0.05) is 127 Å². The highest BCUT2D eigenvalue weighted by atomic mass is 16.3. The maximum Gasteiger partial charge on any atom is 0.166 e. The SMILES string of the molecule is C1=C(c2ccccc2)C=C(c2nc(-c3ccccc3)nc(-c3ccccc3-n3c4ccccc4c4cc(-c5ccc6c(c5)oc5ccccc56)ccc43)n2)CC1. The fraction of sp³-hybridized carbons (Fsp3) is 0.0392. The van der Waals surface area contributed by atoms with Gasteiger partial charge in [-0.25, -0.2) is 15.0 Å². The van der Waals surface area contributed by atoms with E-state index in [1.165, 1.54) is 21.9 Å². The summed E-state index contributed by atoms with van der Waals surface area (Å²) < 4.78 is 8.63. The Hall–Kier alpha value is -7.37. The van der Waals surface area contributed by atoms with E-state index < -0.39 is 0 Å². The lowest BCUT2D eigenvalue weighted by Crippen LogP contribution is -2.06. The van der Waals surface area contributed by atoms with Crippen LogP contribution in [-0.4, -0.2) is 19.5 Å². The van der Waals surface area contributed by atoms with Crippen molar-refractivity contribution in [2.75, 3.05) is 0 Å². The van der Waals surface area contributed by atoms with E-state index in [1.807, 2.05) is 30.3 Å². The van der Waals surface area contributed by atoms with Crippen molar-refractivity contribution in [1.82, 2.24) is 19.5 Å². The molecule has 0 atom stereocenters. The summed E-state index contributed by atoms with van der Waals surface area (Å²) in [4.78, 5) is 15.6. The van der Waals surface area contributed by atoms with E-state index >= 15 is 0 Å². The molecule has 0 fully saturated rings. The van der Waals surface area contributed by atoms with E-state index in [2.05, 4.69) is 156 Å². The molecule has 0 N–H and O–H groups in total. The molecule has 264 valence electrons. The minimum atomic E-state index is 0.642. The molecule has 3 heterocycles. The van der Waals surface area contributed by atoms with Gasteiger partial charge >= 0.3 is 0 Å². The third kappa shape index (κ3) is 5.44. The van der Waals surface area contributed by atoms with Crippen LogP contribution in [0.25, 0.3) is 94.5 Å². The minimum absolute atomic E-state index is 0.642. The van der Waals surface area contributed by atoms with Gasteiger partial charge in [-0.3, -0.25) is 0 Å². The highest BCUT2D eigenvalue weighted by Crippen LogP contribution is 2.39. The molecule has 1 aliphatic carbocycles. The molecule has 0 bridgehead atoms. The van der Waals surface area contributed by atoms with Gasteiger partial charge in [0.2, 0.25) is 0 Å². The van der Waals surface area contributed by atoms with Gasteiger partial charge in [0.1, 0.15) is 11.2 Å². The summed E-state index contributed by atoms with van der Waals surface area (Å²) in [6, 6.07) is 59.4. The van der Waals surface area contributed by atoms with Crippen LogP contribution in [0.4, 0.5) is 0 Å². The number of hydrogen-bond acceptors (Lipinski definition) is 4. The fourth-order valence-electron chi connectivity index (χ4n) is 8.24. The molecule has 1 aliphatic rings. The van der Waals surface area contributed by atoms with Gasteiger partial charge in [0.05, 0.1) is 16.7 Å². The number of benzene rings is 7. The van der Waals surface area contributed by atoms with Crippen LogP contribution in [0.15, 0.2) is 186 Å². The Morgan fingerprint density at radius 3 is 1.96 bits per heavy atom. The summed E-state index contributed by atoms with van der Waals surface area (Å²) in [6.07, 6.45) is 6.33. The van der Waals surface area contributed by atoms with Crippen molar-refractivity contribution < 1.29 is 4.42 Å². The molecule has 10 aromatic rings. The number of fused-ring (bicyclic) bond motifs is 6. The summed E-state index contributed by atoms with van der Waals surface area (Å²) in [5.41, 5.74) is 12.7. The summed E-state index contributed by atoms with van der Waals surface area (Å²) >= 11 is 0. The maximum absolute atomic E-state index is 6.27. The van der Waals surface area contributed by atoms with Crippen molar-refractivity contribution in [3.8, 4) is 39.6 Å². The van der Waals surface area contributed by atoms with Crippen molar-refractivity contribution in [2.45, 2.75) is 12.8 Å². The molecule has 0 aliphatic heterocycles. The quantitative estimate of drug-likeness (QED) is 0.172. The zero-order valence-corrected chi connectivity index (χ0v) is 30.4. The van der Waals surface area contributed by atoms with Gasteiger partial charge in [-0.15, -0.1) is 0 Å². The van der Waals surface area contributed by atoms with Crippen molar-refractivity contribution in [3.05, 3.63) is 193 Å². The lowest BCUT2D eigenvalue weighted by Gasteiger charge is -2.17. The smallest absolute Gasteiger partial charge is 0.166 e. The first kappa shape index (κ1) is 32.1. The molecule has 56 heavy (non-hydrogen) atoms. The second-order valence-electron chi connectivity index (χ2n) is 14.3. The Bertz CT molecular complexity index is 3190. The summed E-state index contributed by atoms with van der Waals surface area (Å²) in [6.45, 7) is 0. The average Bonchev–Trinajstić information content (AvgIpc) is 3.82. The van der Waals surface area contributed by atoms with Gasteiger partial charge in [0, 0.05) is 32.7 Å². The molecular formula is C51H34N4O. The van der Waals surface area contributed by atoms with Crippen LogP contribution in [0.2, 0.25) is 0 Å². The first-order valence-electron chi connectivity index (χ1n) is 19.1. The van der Waals surface area contributed by atoms with Gasteiger partial charge in [-0.2, -0.15) is 0 Å². The lowest BCUT2D eigenvalue weighted by molar-refractivity contribution is 0.669. The lowest BCUT2D eigenvalue weighted by atomic mass is 9.94. The van der Waals surface area contributed by atoms with Gasteiger partial charge < -0.3 is 8.98 Å². The number of hydrogen-bond donors (Lipinski definition) is 0. The third-order valence-electron chi connectivity index (χ3n) is 10.9. The first-order valence-corrected chi connectivity index (χ1v) is 19.1. The standard InChI is InChI=1S/C51H34N4O/c1-3-14-33(15-4-1)35-18-13-19-38(30-35)50-52-49(34-16-5-2-6-17-34)53-51(54-50)42-22-8-11-24-45(42)55-44-23-10-7-20-39(44)43-31-36(27-29-46(43)55)37-26-28-41-40-21-9-12-25-47(40)56-48(41)32-37/h1-12,14-18,20-32H,13,19H2. The highest BCUT2D eigenvalue weighted by molar-refractivity contribution is 6.11. The number of para-hydroxylation sites is 3. The van der Waals surface area contributed by atoms with E-state index in [1.54, 1.807) is 0 Å². The van der Waals surface area contributed by atoms with Crippen LogP contribution in [0.5, 0.6) is 0 Å². The second kappa shape index (κ2) is 13.2. The Morgan fingerprint density at radius 2 is 1.09 bits per heavy atom. The van der Waals surface area contributed by atoms with E-state index in [9.17, 15) is 0 Å². The average molecular weight is 719 g/mol. The van der Waals surface area contributed by atoms with Gasteiger partial charge in [-0.05, 0) is 95.3 Å². The zero-order valence-electron chi connectivity index (χ0n) is 30.4. The molecular weight excluding hydrogens is 685 g/mol. The molecule has 5 nitrogen and oxygen atoms in total. The normalized spacial score (nSPS) is 13.1. The van der Waals surface area contributed by atoms with Gasteiger partial charge in [0.25, 0.3) is 0 Å². The number of rotatable bonds is 6. The van der Waals surface area contributed by atoms with Crippen LogP contribution in [0.1, 0.15) is 24.2 Å². The molecule has 5 heteroatoms. The molecule has 0 amide bonds. The predicted molar refractivity (Wildman–Crippen MR) is 229 cm³/mol. The number of allylic oxidation sites excluding steroid dienone is 4. The first-order chi connectivity index (χ1) is 27.7. The molecule has 11 rings (SSSR count). The monoisotopic (exact) mass is 718 g/mol. The van der Waals surface area contributed by atoms with Crippen molar-refractivity contribution in [2.24, 2.45) is 0 Å². The number of aromatic nitrogens is 4. The van der Waals surface area contributed by atoms with Gasteiger partial charge in [0.15, 0.2) is 17.5 Å². The van der Waals surface area contributed by atoms with E-state index in [-0.39, 0.29) is 0 Å². The van der Waals surface area contributed by atoms with Crippen molar-refractivity contribution in [3.63, 3.8) is 0 Å². The number of nitrogens with zero attached hydrogens (tertiary/aromatic N) is 4. The molecule has 0 saturated heterocycles. The Morgan fingerprint density at radius 1 is 0.446 bits per heavy atom. The second-order valence-corrected chi connectivity index (χ2v) is 14.3. The van der Waals surface area contributed by atoms with Crippen LogP contribution in [-0.2, 0) is 0 Å². The maximum atomic E-state index is 6.27. The summed E-state index contributed by atoms with van der Waals surface area (Å²) in [7, 11) is 0. The number of furan rings is 1. The Kier molecular flexibility index (Phi) is 7.56. The van der Waals surface area contributed by atoms with E-state index in [0.29, 0.717) is 17.5 Å². The molecule has 0 spiro atoms. The molecule has 0 unspecified atom stereocenters. The molecule has 7 aromatic carbocycles.